The Morgan fingerprint density at radius 1 is 1.11 bits per heavy atom. The van der Waals surface area contributed by atoms with Gasteiger partial charge in [-0.25, -0.2) is 13.6 Å². The fourth-order valence-electron chi connectivity index (χ4n) is 2.77. The van der Waals surface area contributed by atoms with Crippen molar-refractivity contribution in [2.75, 3.05) is 11.9 Å². The number of primary sulfonamides is 1. The Morgan fingerprint density at radius 3 is 2.39 bits per heavy atom. The van der Waals surface area contributed by atoms with Crippen LogP contribution in [0.3, 0.4) is 0 Å². The van der Waals surface area contributed by atoms with Crippen LogP contribution < -0.4 is 10.5 Å². The molecule has 0 saturated carbocycles. The van der Waals surface area contributed by atoms with Gasteiger partial charge in [0.1, 0.15) is 0 Å². The van der Waals surface area contributed by atoms with Gasteiger partial charge in [-0.15, -0.1) is 0 Å². The second-order valence-electron chi connectivity index (χ2n) is 6.50. The van der Waals surface area contributed by atoms with Crippen LogP contribution in [0, 0.1) is 5.92 Å². The van der Waals surface area contributed by atoms with Crippen LogP contribution in [-0.4, -0.2) is 26.9 Å². The zero-order chi connectivity index (χ0) is 20.7. The smallest absolute Gasteiger partial charge is 0.314 e. The molecule has 7 nitrogen and oxygen atoms in total. The largest absolute Gasteiger partial charge is 0.455 e. The monoisotopic (exact) mass is 404 g/mol. The molecule has 1 amide bonds. The zero-order valence-corrected chi connectivity index (χ0v) is 16.6. The summed E-state index contributed by atoms with van der Waals surface area (Å²) < 4.78 is 28.0. The Labute approximate surface area is 164 Å². The van der Waals surface area contributed by atoms with Crippen LogP contribution in [0.25, 0.3) is 0 Å². The van der Waals surface area contributed by atoms with E-state index in [0.717, 1.165) is 12.0 Å². The lowest BCUT2D eigenvalue weighted by Crippen LogP contribution is -2.27. The van der Waals surface area contributed by atoms with Gasteiger partial charge in [-0.1, -0.05) is 56.7 Å². The Hall–Kier alpha value is -2.71. The number of amides is 1. The van der Waals surface area contributed by atoms with Crippen molar-refractivity contribution in [3.8, 4) is 0 Å². The van der Waals surface area contributed by atoms with Crippen molar-refractivity contribution in [2.24, 2.45) is 11.1 Å². The van der Waals surface area contributed by atoms with E-state index in [1.165, 1.54) is 24.3 Å². The van der Waals surface area contributed by atoms with Crippen molar-refractivity contribution in [1.29, 1.82) is 0 Å². The van der Waals surface area contributed by atoms with E-state index in [1.807, 2.05) is 44.2 Å². The summed E-state index contributed by atoms with van der Waals surface area (Å²) >= 11 is 0. The summed E-state index contributed by atoms with van der Waals surface area (Å²) in [6, 6.07) is 14.8. The normalized spacial score (nSPS) is 13.4. The Bertz CT molecular complexity index is 929. The molecule has 0 saturated heterocycles. The number of anilines is 1. The molecule has 150 valence electrons. The third-order valence-corrected chi connectivity index (χ3v) is 5.33. The quantitative estimate of drug-likeness (QED) is 0.656. The molecule has 0 unspecified atom stereocenters. The molecule has 2 aromatic rings. The van der Waals surface area contributed by atoms with Gasteiger partial charge in [0.15, 0.2) is 6.61 Å². The summed E-state index contributed by atoms with van der Waals surface area (Å²) in [6.45, 7) is 3.47. The average Bonchev–Trinajstić information content (AvgIpc) is 2.67. The third-order valence-electron chi connectivity index (χ3n) is 4.42. The van der Waals surface area contributed by atoms with Gasteiger partial charge in [0.2, 0.25) is 10.0 Å². The first-order valence-electron chi connectivity index (χ1n) is 8.86. The second-order valence-corrected chi connectivity index (χ2v) is 8.06. The first-order chi connectivity index (χ1) is 13.2. The predicted molar refractivity (Wildman–Crippen MR) is 106 cm³/mol. The van der Waals surface area contributed by atoms with Gasteiger partial charge >= 0.3 is 5.97 Å². The average molecular weight is 404 g/mol. The molecule has 2 atom stereocenters. The first-order valence-corrected chi connectivity index (χ1v) is 10.4. The van der Waals surface area contributed by atoms with E-state index < -0.39 is 34.4 Å². The number of nitrogens with two attached hydrogens (primary N) is 1. The van der Waals surface area contributed by atoms with Crippen LogP contribution in [-0.2, 0) is 24.3 Å². The van der Waals surface area contributed by atoms with Crippen molar-refractivity contribution in [2.45, 2.75) is 31.1 Å². The van der Waals surface area contributed by atoms with Gasteiger partial charge in [-0.2, -0.15) is 0 Å². The number of ether oxygens (including phenoxy) is 1. The molecule has 2 aromatic carbocycles. The summed E-state index contributed by atoms with van der Waals surface area (Å²) in [5.74, 6) is -1.47. The molecule has 3 N–H and O–H groups in total. The number of hydrogen-bond acceptors (Lipinski definition) is 5. The minimum Gasteiger partial charge on any atom is -0.455 e. The van der Waals surface area contributed by atoms with Crippen LogP contribution in [0.15, 0.2) is 59.5 Å². The summed E-state index contributed by atoms with van der Waals surface area (Å²) in [7, 11) is -3.88. The second kappa shape index (κ2) is 9.48. The lowest BCUT2D eigenvalue weighted by molar-refractivity contribution is -0.150. The molecule has 0 aliphatic rings. The standard InChI is InChI=1S/C20H24N2O5S/c1-3-14(2)19(15-8-5-4-6-9-15)20(24)27-13-18(23)22-16-10-7-11-17(12-16)28(21,25)26/h4-12,14,19H,3,13H2,1-2H3,(H,22,23)(H2,21,25,26)/t14-,19-/m0/s1. The van der Waals surface area contributed by atoms with Crippen molar-refractivity contribution < 1.29 is 22.7 Å². The number of nitrogens with one attached hydrogen (secondary N) is 1. The first kappa shape index (κ1) is 21.6. The summed E-state index contributed by atoms with van der Waals surface area (Å²) in [5, 5.41) is 7.57. The molecule has 0 heterocycles. The Kier molecular flexibility index (Phi) is 7.31. The molecule has 0 radical (unpaired) electrons. The molecule has 0 aromatic heterocycles. The van der Waals surface area contributed by atoms with Gasteiger partial charge < -0.3 is 10.1 Å². The zero-order valence-electron chi connectivity index (χ0n) is 15.8. The maximum absolute atomic E-state index is 12.6. The van der Waals surface area contributed by atoms with E-state index in [4.69, 9.17) is 9.88 Å². The fourth-order valence-corrected chi connectivity index (χ4v) is 3.33. The van der Waals surface area contributed by atoms with E-state index in [-0.39, 0.29) is 16.5 Å². The molecule has 2 rings (SSSR count). The Balaban J connectivity index is 2.02. The highest BCUT2D eigenvalue weighted by Gasteiger charge is 2.27. The SMILES string of the molecule is CC[C@H](C)[C@H](C(=O)OCC(=O)Nc1cccc(S(N)(=O)=O)c1)c1ccccc1. The summed E-state index contributed by atoms with van der Waals surface area (Å²) in [5.41, 5.74) is 1.08. The minimum absolute atomic E-state index is 0.0457. The van der Waals surface area contributed by atoms with Crippen molar-refractivity contribution in [3.63, 3.8) is 0 Å². The fraction of sp³-hybridized carbons (Fsp3) is 0.300. The minimum atomic E-state index is -3.88. The van der Waals surface area contributed by atoms with Crippen molar-refractivity contribution >= 4 is 27.6 Å². The van der Waals surface area contributed by atoms with Crippen LogP contribution in [0.5, 0.6) is 0 Å². The van der Waals surface area contributed by atoms with Crippen molar-refractivity contribution in [1.82, 2.24) is 0 Å². The number of esters is 1. The van der Waals surface area contributed by atoms with Gasteiger partial charge in [0.25, 0.3) is 5.91 Å². The van der Waals surface area contributed by atoms with Crippen LogP contribution in [0.4, 0.5) is 5.69 Å². The predicted octanol–water partition coefficient (Wildman–Crippen LogP) is 2.65. The van der Waals surface area contributed by atoms with Gasteiger partial charge in [0.05, 0.1) is 10.8 Å². The maximum Gasteiger partial charge on any atom is 0.314 e. The molecule has 28 heavy (non-hydrogen) atoms. The highest BCUT2D eigenvalue weighted by atomic mass is 32.2. The number of carbonyl (C=O) groups is 2. The lowest BCUT2D eigenvalue weighted by Gasteiger charge is -2.21. The van der Waals surface area contributed by atoms with E-state index >= 15 is 0 Å². The highest BCUT2D eigenvalue weighted by Crippen LogP contribution is 2.28. The van der Waals surface area contributed by atoms with Gasteiger partial charge in [-0.05, 0) is 29.7 Å². The van der Waals surface area contributed by atoms with Crippen molar-refractivity contribution in [3.05, 3.63) is 60.2 Å². The molecular formula is C20H24N2O5S. The maximum atomic E-state index is 12.6. The van der Waals surface area contributed by atoms with E-state index in [9.17, 15) is 18.0 Å². The number of benzene rings is 2. The molecule has 0 bridgehead atoms. The topological polar surface area (TPSA) is 116 Å². The molecular weight excluding hydrogens is 380 g/mol. The molecule has 0 fully saturated rings. The molecule has 0 aliphatic heterocycles. The Morgan fingerprint density at radius 2 is 1.79 bits per heavy atom. The number of rotatable bonds is 8. The van der Waals surface area contributed by atoms with E-state index in [0.29, 0.717) is 0 Å². The lowest BCUT2D eigenvalue weighted by atomic mass is 9.86. The number of hydrogen-bond donors (Lipinski definition) is 2. The molecule has 0 aliphatic carbocycles. The van der Waals surface area contributed by atoms with Crippen LogP contribution in [0.2, 0.25) is 0 Å². The van der Waals surface area contributed by atoms with E-state index in [1.54, 1.807) is 0 Å². The molecule has 8 heteroatoms. The summed E-state index contributed by atoms with van der Waals surface area (Å²) in [4.78, 5) is 24.6. The van der Waals surface area contributed by atoms with Gasteiger partial charge in [-0.3, -0.25) is 9.59 Å². The van der Waals surface area contributed by atoms with E-state index in [2.05, 4.69) is 5.32 Å². The number of carbonyl (C=O) groups excluding carboxylic acids is 2. The van der Waals surface area contributed by atoms with Gasteiger partial charge in [0, 0.05) is 5.69 Å². The number of sulfonamides is 1. The highest BCUT2D eigenvalue weighted by molar-refractivity contribution is 7.89. The third kappa shape index (κ3) is 5.90. The summed E-state index contributed by atoms with van der Waals surface area (Å²) in [6.07, 6.45) is 0.779. The van der Waals surface area contributed by atoms with Crippen LogP contribution >= 0.6 is 0 Å². The molecule has 0 spiro atoms. The van der Waals surface area contributed by atoms with Crippen LogP contribution in [0.1, 0.15) is 31.7 Å².